The van der Waals surface area contributed by atoms with Gasteiger partial charge in [0.05, 0.1) is 17.4 Å². The van der Waals surface area contributed by atoms with E-state index in [-0.39, 0.29) is 11.7 Å². The molecule has 2 N–H and O–H groups in total. The molecule has 130 valence electrons. The second kappa shape index (κ2) is 6.80. The van der Waals surface area contributed by atoms with Crippen molar-refractivity contribution in [1.82, 2.24) is 15.0 Å². The Kier molecular flexibility index (Phi) is 4.56. The second-order valence-corrected chi connectivity index (χ2v) is 5.81. The zero-order valence-electron chi connectivity index (χ0n) is 14.2. The molecule has 3 aromatic rings. The van der Waals surface area contributed by atoms with Crippen LogP contribution < -0.4 is 10.6 Å². The molecular formula is C18H19FN4O2. The maximum Gasteiger partial charge on any atom is 0.319 e. The molecule has 0 fully saturated rings. The van der Waals surface area contributed by atoms with Crippen molar-refractivity contribution in [2.24, 2.45) is 0 Å². The Balaban J connectivity index is 1.74. The first-order valence-electron chi connectivity index (χ1n) is 7.89. The van der Waals surface area contributed by atoms with Gasteiger partial charge < -0.3 is 19.7 Å². The molecule has 0 saturated carbocycles. The first-order chi connectivity index (χ1) is 12.0. The van der Waals surface area contributed by atoms with Crippen LogP contribution in [0.4, 0.5) is 14.9 Å². The predicted molar refractivity (Wildman–Crippen MR) is 92.3 cm³/mol. The highest BCUT2D eigenvalue weighted by molar-refractivity contribution is 5.90. The van der Waals surface area contributed by atoms with E-state index in [1.165, 1.54) is 6.07 Å². The van der Waals surface area contributed by atoms with Crippen LogP contribution in [0.1, 0.15) is 30.0 Å². The molecule has 1 aromatic carbocycles. The number of carbonyl (C=O) groups excluding carboxylic acids is 1. The van der Waals surface area contributed by atoms with Crippen LogP contribution in [0.15, 0.2) is 47.2 Å². The second-order valence-electron chi connectivity index (χ2n) is 5.81. The summed E-state index contributed by atoms with van der Waals surface area (Å²) in [6.07, 6.45) is 3.69. The highest BCUT2D eigenvalue weighted by atomic mass is 19.1. The first-order valence-corrected chi connectivity index (χ1v) is 7.89. The normalized spacial score (nSPS) is 12.0. The molecule has 2 heterocycles. The monoisotopic (exact) mass is 342 g/mol. The van der Waals surface area contributed by atoms with Gasteiger partial charge in [0.1, 0.15) is 11.6 Å². The quantitative estimate of drug-likeness (QED) is 0.750. The summed E-state index contributed by atoms with van der Waals surface area (Å²) >= 11 is 0. The number of urea groups is 1. The summed E-state index contributed by atoms with van der Waals surface area (Å²) in [5.41, 5.74) is 2.39. The summed E-state index contributed by atoms with van der Waals surface area (Å²) in [5, 5.41) is 9.20. The molecule has 25 heavy (non-hydrogen) atoms. The van der Waals surface area contributed by atoms with Crippen LogP contribution in [0.2, 0.25) is 0 Å². The van der Waals surface area contributed by atoms with E-state index in [1.807, 2.05) is 42.9 Å². The summed E-state index contributed by atoms with van der Waals surface area (Å²) in [7, 11) is 0. The number of benzene rings is 1. The Morgan fingerprint density at radius 3 is 2.64 bits per heavy atom. The Hall–Kier alpha value is -3.09. The van der Waals surface area contributed by atoms with Gasteiger partial charge in [0.2, 0.25) is 0 Å². The lowest BCUT2D eigenvalue weighted by atomic mass is 10.1. The molecule has 0 spiro atoms. The van der Waals surface area contributed by atoms with Gasteiger partial charge in [-0.2, -0.15) is 0 Å². The van der Waals surface area contributed by atoms with E-state index >= 15 is 0 Å². The highest BCUT2D eigenvalue weighted by Gasteiger charge is 2.19. The maximum atomic E-state index is 14.0. The number of amides is 2. The molecule has 0 aliphatic heterocycles. The van der Waals surface area contributed by atoms with Gasteiger partial charge in [-0.05, 0) is 51.1 Å². The number of carbonyl (C=O) groups is 1. The fourth-order valence-corrected chi connectivity index (χ4v) is 2.81. The number of hydrogen-bond donors (Lipinski definition) is 2. The largest absolute Gasteiger partial charge is 0.361 e. The van der Waals surface area contributed by atoms with Gasteiger partial charge in [-0.1, -0.05) is 5.16 Å². The minimum absolute atomic E-state index is 0.106. The van der Waals surface area contributed by atoms with Crippen molar-refractivity contribution < 1.29 is 13.7 Å². The Bertz CT molecular complexity index is 867. The van der Waals surface area contributed by atoms with Gasteiger partial charge >= 0.3 is 6.03 Å². The summed E-state index contributed by atoms with van der Waals surface area (Å²) in [4.78, 5) is 12.2. The third kappa shape index (κ3) is 3.55. The molecule has 0 bridgehead atoms. The number of rotatable bonds is 4. The number of nitrogens with one attached hydrogen (secondary N) is 2. The SMILES string of the molecule is Cc1noc(C)c1[C@@H](C)NC(=O)Nc1cc(-n2cccc2)ccc1F. The van der Waals surface area contributed by atoms with Crippen molar-refractivity contribution in [1.29, 1.82) is 0 Å². The number of hydrogen-bond acceptors (Lipinski definition) is 3. The fourth-order valence-electron chi connectivity index (χ4n) is 2.81. The molecule has 2 aromatic heterocycles. The van der Waals surface area contributed by atoms with Gasteiger partial charge in [0.25, 0.3) is 0 Å². The summed E-state index contributed by atoms with van der Waals surface area (Å²) < 4.78 is 21.0. The van der Waals surface area contributed by atoms with Gasteiger partial charge in [-0.3, -0.25) is 0 Å². The molecule has 0 aliphatic carbocycles. The van der Waals surface area contributed by atoms with Gasteiger partial charge in [0.15, 0.2) is 0 Å². The first kappa shape index (κ1) is 16.8. The van der Waals surface area contributed by atoms with Crippen LogP contribution in [0.25, 0.3) is 5.69 Å². The smallest absolute Gasteiger partial charge is 0.319 e. The number of nitrogens with zero attached hydrogens (tertiary/aromatic N) is 2. The molecule has 0 aliphatic rings. The zero-order valence-corrected chi connectivity index (χ0v) is 14.2. The van der Waals surface area contributed by atoms with E-state index in [1.54, 1.807) is 19.1 Å². The van der Waals surface area contributed by atoms with E-state index in [0.717, 1.165) is 11.3 Å². The van der Waals surface area contributed by atoms with Gasteiger partial charge in [0, 0.05) is 23.6 Å². The lowest BCUT2D eigenvalue weighted by Crippen LogP contribution is -2.32. The molecule has 2 amide bonds. The molecule has 6 nitrogen and oxygen atoms in total. The topological polar surface area (TPSA) is 72.1 Å². The lowest BCUT2D eigenvalue weighted by molar-refractivity contribution is 0.249. The maximum absolute atomic E-state index is 14.0. The molecule has 3 rings (SSSR count). The third-order valence-corrected chi connectivity index (χ3v) is 3.97. The van der Waals surface area contributed by atoms with Crippen molar-refractivity contribution in [3.63, 3.8) is 0 Å². The van der Waals surface area contributed by atoms with Crippen LogP contribution in [0.5, 0.6) is 0 Å². The number of halogens is 1. The average molecular weight is 342 g/mol. The summed E-state index contributed by atoms with van der Waals surface area (Å²) in [6.45, 7) is 5.41. The van der Waals surface area contributed by atoms with E-state index in [4.69, 9.17) is 4.52 Å². The van der Waals surface area contributed by atoms with Crippen molar-refractivity contribution in [3.8, 4) is 5.69 Å². The molecule has 7 heteroatoms. The zero-order chi connectivity index (χ0) is 18.0. The van der Waals surface area contributed by atoms with Crippen LogP contribution in [0, 0.1) is 19.7 Å². The summed E-state index contributed by atoms with van der Waals surface area (Å²) in [5.74, 6) is 0.141. The molecule has 0 saturated heterocycles. The molecule has 0 radical (unpaired) electrons. The lowest BCUT2D eigenvalue weighted by Gasteiger charge is -2.15. The average Bonchev–Trinajstić information content (AvgIpc) is 3.19. The Morgan fingerprint density at radius 2 is 2.00 bits per heavy atom. The standard InChI is InChI=1S/C18H19FN4O2/c1-11(17-12(2)22-25-13(17)3)20-18(24)21-16-10-14(6-7-15(16)19)23-8-4-5-9-23/h4-11H,1-3H3,(H2,20,21,24)/t11-/m1/s1. The van der Waals surface area contributed by atoms with Gasteiger partial charge in [-0.25, -0.2) is 9.18 Å². The van der Waals surface area contributed by atoms with E-state index < -0.39 is 11.8 Å². The van der Waals surface area contributed by atoms with Crippen LogP contribution in [0.3, 0.4) is 0 Å². The van der Waals surface area contributed by atoms with Crippen LogP contribution >= 0.6 is 0 Å². The minimum atomic E-state index is -0.504. The van der Waals surface area contributed by atoms with Gasteiger partial charge in [-0.15, -0.1) is 0 Å². The Labute approximate surface area is 144 Å². The van der Waals surface area contributed by atoms with E-state index in [0.29, 0.717) is 11.5 Å². The van der Waals surface area contributed by atoms with Crippen molar-refractivity contribution in [3.05, 3.63) is 65.6 Å². The van der Waals surface area contributed by atoms with Crippen molar-refractivity contribution >= 4 is 11.7 Å². The molecule has 0 unspecified atom stereocenters. The van der Waals surface area contributed by atoms with Crippen molar-refractivity contribution in [2.45, 2.75) is 26.8 Å². The molecule has 1 atom stereocenters. The molecular weight excluding hydrogens is 323 g/mol. The number of aryl methyl sites for hydroxylation is 2. The number of anilines is 1. The van der Waals surface area contributed by atoms with Crippen LogP contribution in [-0.2, 0) is 0 Å². The van der Waals surface area contributed by atoms with Crippen molar-refractivity contribution in [2.75, 3.05) is 5.32 Å². The third-order valence-electron chi connectivity index (χ3n) is 3.97. The predicted octanol–water partition coefficient (Wildman–Crippen LogP) is 4.10. The Morgan fingerprint density at radius 1 is 1.28 bits per heavy atom. The minimum Gasteiger partial charge on any atom is -0.361 e. The summed E-state index contributed by atoms with van der Waals surface area (Å²) in [6, 6.07) is 7.46. The number of aromatic nitrogens is 2. The van der Waals surface area contributed by atoms with E-state index in [9.17, 15) is 9.18 Å². The highest BCUT2D eigenvalue weighted by Crippen LogP contribution is 2.22. The van der Waals surface area contributed by atoms with Crippen LogP contribution in [-0.4, -0.2) is 15.8 Å². The van der Waals surface area contributed by atoms with E-state index in [2.05, 4.69) is 15.8 Å². The fraction of sp³-hybridized carbons (Fsp3) is 0.222.